The molecule has 0 spiro atoms. The molecule has 0 saturated carbocycles. The number of halogens is 5. The molecule has 0 aliphatic carbocycles. The molecule has 0 radical (unpaired) electrons. The summed E-state index contributed by atoms with van der Waals surface area (Å²) in [6.45, 7) is 0. The fourth-order valence-electron chi connectivity index (χ4n) is 3.13. The van der Waals surface area contributed by atoms with Crippen molar-refractivity contribution in [3.8, 4) is 0 Å². The Labute approximate surface area is 159 Å². The first-order valence-corrected chi connectivity index (χ1v) is 9.20. The third-order valence-electron chi connectivity index (χ3n) is 4.40. The van der Waals surface area contributed by atoms with E-state index in [-0.39, 0.29) is 16.5 Å². The van der Waals surface area contributed by atoms with Crippen LogP contribution in [0.3, 0.4) is 0 Å². The predicted molar refractivity (Wildman–Crippen MR) is 87.9 cm³/mol. The Morgan fingerprint density at radius 3 is 1.52 bits per heavy atom. The summed E-state index contributed by atoms with van der Waals surface area (Å²) in [5.41, 5.74) is -0.574. The van der Waals surface area contributed by atoms with Crippen LogP contribution in [0.5, 0.6) is 0 Å². The smallest absolute Gasteiger partial charge is 0.267 e. The van der Waals surface area contributed by atoms with Crippen LogP contribution in [0.4, 0.5) is 22.0 Å². The van der Waals surface area contributed by atoms with Crippen molar-refractivity contribution in [2.75, 3.05) is 0 Å². The average molecular weight is 427 g/mol. The van der Waals surface area contributed by atoms with Gasteiger partial charge in [0.05, 0.1) is 0 Å². The van der Waals surface area contributed by atoms with Gasteiger partial charge < -0.3 is 0 Å². The highest BCUT2D eigenvalue weighted by Gasteiger charge is 2.45. The fraction of sp³-hybridized carbons (Fsp3) is 0. The molecule has 1 aliphatic rings. The van der Waals surface area contributed by atoms with Gasteiger partial charge in [-0.05, 0) is 17.5 Å². The zero-order valence-corrected chi connectivity index (χ0v) is 14.7. The Bertz CT molecular complexity index is 1290. The van der Waals surface area contributed by atoms with E-state index in [9.17, 15) is 40.0 Å². The van der Waals surface area contributed by atoms with Crippen LogP contribution in [0.1, 0.15) is 20.7 Å². The number of amides is 2. The minimum atomic E-state index is -5.79. The number of hydrogen-bond acceptors (Lipinski definition) is 4. The molecule has 0 fully saturated rings. The largest absolute Gasteiger partial charge is 0.279 e. The van der Waals surface area contributed by atoms with Crippen LogP contribution in [0.15, 0.2) is 41.3 Å². The van der Waals surface area contributed by atoms with Crippen LogP contribution >= 0.6 is 0 Å². The van der Waals surface area contributed by atoms with Gasteiger partial charge in [-0.1, -0.05) is 24.3 Å². The van der Waals surface area contributed by atoms with E-state index in [4.69, 9.17) is 0 Å². The molecule has 2 amide bonds. The minimum absolute atomic E-state index is 0.105. The molecule has 3 aromatic rings. The van der Waals surface area contributed by atoms with Crippen LogP contribution in [0, 0.1) is 29.1 Å². The van der Waals surface area contributed by atoms with Crippen molar-refractivity contribution in [2.45, 2.75) is 4.90 Å². The van der Waals surface area contributed by atoms with E-state index in [2.05, 4.69) is 0 Å². The number of rotatable bonds is 2. The van der Waals surface area contributed by atoms with Gasteiger partial charge in [0.1, 0.15) is 0 Å². The summed E-state index contributed by atoms with van der Waals surface area (Å²) >= 11 is 0. The summed E-state index contributed by atoms with van der Waals surface area (Å²) < 4.78 is 93.4. The van der Waals surface area contributed by atoms with E-state index >= 15 is 0 Å². The van der Waals surface area contributed by atoms with Crippen molar-refractivity contribution in [2.24, 2.45) is 0 Å². The number of imide groups is 1. The van der Waals surface area contributed by atoms with E-state index in [1.807, 2.05) is 0 Å². The van der Waals surface area contributed by atoms with E-state index in [1.54, 1.807) is 0 Å². The fourth-order valence-corrected chi connectivity index (χ4v) is 4.58. The summed E-state index contributed by atoms with van der Waals surface area (Å²) in [7, 11) is -5.79. The topological polar surface area (TPSA) is 71.5 Å². The Morgan fingerprint density at radius 2 is 1.07 bits per heavy atom. The normalized spacial score (nSPS) is 14.0. The number of carbonyl (C=O) groups is 2. The standard InChI is InChI=1S/C18H6F5NO4S/c19-11-12(20)14(22)16(15(23)13(11)21)29(27,28)24-17(25)8-5-1-3-7-4-2-6-9(10(7)8)18(24)26/h1-6H. The number of benzene rings is 3. The second kappa shape index (κ2) is 6.08. The molecule has 3 aromatic carbocycles. The monoisotopic (exact) mass is 427 g/mol. The van der Waals surface area contributed by atoms with Crippen molar-refractivity contribution < 1.29 is 40.0 Å². The first-order valence-electron chi connectivity index (χ1n) is 7.76. The van der Waals surface area contributed by atoms with Gasteiger partial charge in [-0.25, -0.2) is 30.4 Å². The molecule has 0 atom stereocenters. The minimum Gasteiger partial charge on any atom is -0.267 e. The Hall–Kier alpha value is -3.34. The highest BCUT2D eigenvalue weighted by Crippen LogP contribution is 2.35. The highest BCUT2D eigenvalue weighted by molar-refractivity contribution is 7.90. The molecule has 11 heteroatoms. The van der Waals surface area contributed by atoms with Crippen molar-refractivity contribution >= 4 is 32.6 Å². The summed E-state index contributed by atoms with van der Waals surface area (Å²) in [5.74, 6) is -16.0. The molecule has 0 bridgehead atoms. The molecule has 0 saturated heterocycles. The highest BCUT2D eigenvalue weighted by atomic mass is 32.2. The maximum absolute atomic E-state index is 14.1. The van der Waals surface area contributed by atoms with E-state index < -0.39 is 60.1 Å². The zero-order chi connectivity index (χ0) is 21.2. The molecular formula is C18H6F5NO4S. The Kier molecular flexibility index (Phi) is 3.98. The first kappa shape index (κ1) is 19.0. The lowest BCUT2D eigenvalue weighted by atomic mass is 9.95. The van der Waals surface area contributed by atoms with Crippen molar-refractivity contribution in [3.05, 3.63) is 76.6 Å². The average Bonchev–Trinajstić information content (AvgIpc) is 2.68. The van der Waals surface area contributed by atoms with Crippen molar-refractivity contribution in [1.82, 2.24) is 4.31 Å². The predicted octanol–water partition coefficient (Wildman–Crippen LogP) is 3.52. The molecule has 148 valence electrons. The number of carbonyl (C=O) groups excluding carboxylic acids is 2. The zero-order valence-electron chi connectivity index (χ0n) is 13.8. The molecule has 5 nitrogen and oxygen atoms in total. The van der Waals surface area contributed by atoms with Crippen LogP contribution in [-0.4, -0.2) is 24.5 Å². The first-order chi connectivity index (χ1) is 13.6. The maximum atomic E-state index is 14.1. The van der Waals surface area contributed by atoms with E-state index in [0.29, 0.717) is 5.39 Å². The van der Waals surface area contributed by atoms with Gasteiger partial charge in [0.2, 0.25) is 5.82 Å². The van der Waals surface area contributed by atoms with Crippen LogP contribution < -0.4 is 0 Å². The quantitative estimate of drug-likeness (QED) is 0.272. The molecule has 0 aromatic heterocycles. The second-order valence-electron chi connectivity index (χ2n) is 5.99. The lowest BCUT2D eigenvalue weighted by molar-refractivity contribution is 0.0725. The van der Waals surface area contributed by atoms with E-state index in [1.165, 1.54) is 36.4 Å². The SMILES string of the molecule is O=C1c2cccc3cccc(c23)C(=O)N1S(=O)(=O)c1c(F)c(F)c(F)c(F)c1F. The Balaban J connectivity index is 2.02. The van der Waals surface area contributed by atoms with Crippen molar-refractivity contribution in [1.29, 1.82) is 0 Å². The number of nitrogens with zero attached hydrogens (tertiary/aromatic N) is 1. The lowest BCUT2D eigenvalue weighted by Crippen LogP contribution is -2.45. The van der Waals surface area contributed by atoms with E-state index in [0.717, 1.165) is 0 Å². The van der Waals surface area contributed by atoms with Gasteiger partial charge in [-0.2, -0.15) is 4.31 Å². The van der Waals surface area contributed by atoms with Crippen LogP contribution in [0.25, 0.3) is 10.8 Å². The van der Waals surface area contributed by atoms with Gasteiger partial charge in [0, 0.05) is 16.5 Å². The molecule has 4 rings (SSSR count). The lowest BCUT2D eigenvalue weighted by Gasteiger charge is -2.26. The van der Waals surface area contributed by atoms with Gasteiger partial charge in [0.15, 0.2) is 28.2 Å². The van der Waals surface area contributed by atoms with Crippen LogP contribution in [0.2, 0.25) is 0 Å². The van der Waals surface area contributed by atoms with Crippen LogP contribution in [-0.2, 0) is 10.0 Å². The summed E-state index contributed by atoms with van der Waals surface area (Å²) in [6, 6.07) is 8.16. The van der Waals surface area contributed by atoms with Gasteiger partial charge in [-0.15, -0.1) is 0 Å². The summed E-state index contributed by atoms with van der Waals surface area (Å²) in [6.07, 6.45) is 0. The maximum Gasteiger partial charge on any atom is 0.279 e. The molecule has 0 unspecified atom stereocenters. The molecule has 1 heterocycles. The third kappa shape index (κ3) is 2.40. The molecule has 1 aliphatic heterocycles. The second-order valence-corrected chi connectivity index (χ2v) is 7.71. The molecule has 0 N–H and O–H groups in total. The number of sulfonamides is 1. The van der Waals surface area contributed by atoms with Gasteiger partial charge in [0.25, 0.3) is 21.8 Å². The van der Waals surface area contributed by atoms with Gasteiger partial charge in [-0.3, -0.25) is 9.59 Å². The summed E-state index contributed by atoms with van der Waals surface area (Å²) in [4.78, 5) is 23.1. The van der Waals surface area contributed by atoms with Crippen molar-refractivity contribution in [3.63, 3.8) is 0 Å². The third-order valence-corrected chi connectivity index (χ3v) is 6.09. The summed E-state index contributed by atoms with van der Waals surface area (Å²) in [5, 5.41) is 0.517. The number of hydrogen-bond donors (Lipinski definition) is 0. The van der Waals surface area contributed by atoms with Gasteiger partial charge >= 0.3 is 0 Å². The Morgan fingerprint density at radius 1 is 0.655 bits per heavy atom. The molecule has 29 heavy (non-hydrogen) atoms. The molecular weight excluding hydrogens is 421 g/mol.